The number of hydrogen-bond donors (Lipinski definition) is 1. The van der Waals surface area contributed by atoms with Crippen molar-refractivity contribution in [2.45, 2.75) is 51.5 Å². The van der Waals surface area contributed by atoms with E-state index in [1.54, 1.807) is 0 Å². The molecule has 108 valence electrons. The summed E-state index contributed by atoms with van der Waals surface area (Å²) in [6, 6.07) is 6.34. The highest BCUT2D eigenvalue weighted by molar-refractivity contribution is 5.84. The monoisotopic (exact) mass is 272 g/mol. The fourth-order valence-electron chi connectivity index (χ4n) is 3.42. The van der Waals surface area contributed by atoms with Gasteiger partial charge >= 0.3 is 0 Å². The van der Waals surface area contributed by atoms with Crippen LogP contribution in [0, 0.1) is 0 Å². The summed E-state index contributed by atoms with van der Waals surface area (Å²) in [5, 5.41) is 3.46. The Hall–Kier alpha value is -1.51. The number of benzene rings is 1. The molecule has 2 aliphatic rings. The number of aryl methyl sites for hydroxylation is 1. The Bertz CT molecular complexity index is 492. The number of anilines is 1. The van der Waals surface area contributed by atoms with Crippen LogP contribution in [0.2, 0.25) is 0 Å². The van der Waals surface area contributed by atoms with Gasteiger partial charge in [-0.3, -0.25) is 4.79 Å². The van der Waals surface area contributed by atoms with Gasteiger partial charge < -0.3 is 10.2 Å². The Morgan fingerprint density at radius 1 is 1.15 bits per heavy atom. The van der Waals surface area contributed by atoms with E-state index in [2.05, 4.69) is 23.5 Å². The van der Waals surface area contributed by atoms with Crippen molar-refractivity contribution in [3.05, 3.63) is 29.3 Å². The van der Waals surface area contributed by atoms with Crippen LogP contribution >= 0.6 is 0 Å². The van der Waals surface area contributed by atoms with Crippen molar-refractivity contribution in [2.24, 2.45) is 0 Å². The van der Waals surface area contributed by atoms with Crippen molar-refractivity contribution in [3.8, 4) is 0 Å². The summed E-state index contributed by atoms with van der Waals surface area (Å²) in [6.45, 7) is 3.85. The predicted octanol–water partition coefficient (Wildman–Crippen LogP) is 2.99. The number of nitrogens with zero attached hydrogens (tertiary/aromatic N) is 1. The van der Waals surface area contributed by atoms with Gasteiger partial charge in [0.15, 0.2) is 0 Å². The molecule has 3 rings (SSSR count). The third-order valence-electron chi connectivity index (χ3n) is 4.56. The normalized spacial score (nSPS) is 19.6. The molecular weight excluding hydrogens is 248 g/mol. The summed E-state index contributed by atoms with van der Waals surface area (Å²) in [6.07, 6.45) is 7.18. The second kappa shape index (κ2) is 5.86. The number of amides is 1. The molecule has 1 aromatic rings. The van der Waals surface area contributed by atoms with Crippen LogP contribution in [-0.4, -0.2) is 29.9 Å². The van der Waals surface area contributed by atoms with E-state index in [4.69, 9.17) is 0 Å². The smallest absolute Gasteiger partial charge is 0.244 e. The molecule has 1 aromatic carbocycles. The minimum absolute atomic E-state index is 0.124. The molecule has 1 aliphatic carbocycles. The Kier molecular flexibility index (Phi) is 3.95. The second-order valence-electron chi connectivity index (χ2n) is 6.05. The van der Waals surface area contributed by atoms with Crippen LogP contribution in [0.1, 0.15) is 43.7 Å². The average molecular weight is 272 g/mol. The zero-order valence-electron chi connectivity index (χ0n) is 12.3. The maximum Gasteiger partial charge on any atom is 0.244 e. The Labute approximate surface area is 121 Å². The van der Waals surface area contributed by atoms with Gasteiger partial charge in [-0.25, -0.2) is 0 Å². The second-order valence-corrected chi connectivity index (χ2v) is 6.05. The number of rotatable bonds is 3. The van der Waals surface area contributed by atoms with Gasteiger partial charge in [0.1, 0.15) is 6.04 Å². The molecule has 0 saturated carbocycles. The minimum atomic E-state index is -0.124. The quantitative estimate of drug-likeness (QED) is 0.917. The van der Waals surface area contributed by atoms with E-state index in [9.17, 15) is 4.79 Å². The van der Waals surface area contributed by atoms with Crippen LogP contribution in [-0.2, 0) is 17.6 Å². The molecule has 3 nitrogen and oxygen atoms in total. The maximum absolute atomic E-state index is 12.4. The minimum Gasteiger partial charge on any atom is -0.374 e. The third kappa shape index (κ3) is 2.67. The summed E-state index contributed by atoms with van der Waals surface area (Å²) in [4.78, 5) is 14.4. The zero-order valence-corrected chi connectivity index (χ0v) is 12.3. The van der Waals surface area contributed by atoms with Crippen molar-refractivity contribution in [1.82, 2.24) is 4.90 Å². The van der Waals surface area contributed by atoms with Crippen LogP contribution in [0.3, 0.4) is 0 Å². The molecule has 1 atom stereocenters. The van der Waals surface area contributed by atoms with Gasteiger partial charge in [-0.2, -0.15) is 0 Å². The third-order valence-corrected chi connectivity index (χ3v) is 4.56. The van der Waals surface area contributed by atoms with Gasteiger partial charge in [0.05, 0.1) is 0 Å². The molecule has 0 bridgehead atoms. The molecule has 1 amide bonds. The zero-order chi connectivity index (χ0) is 13.9. The van der Waals surface area contributed by atoms with Gasteiger partial charge in [0.2, 0.25) is 5.91 Å². The molecule has 0 spiro atoms. The van der Waals surface area contributed by atoms with Crippen LogP contribution in [0.5, 0.6) is 0 Å². The molecule has 1 saturated heterocycles. The van der Waals surface area contributed by atoms with Gasteiger partial charge in [-0.15, -0.1) is 0 Å². The molecule has 1 heterocycles. The topological polar surface area (TPSA) is 32.3 Å². The number of likely N-dealkylation sites (tertiary alicyclic amines) is 1. The first-order chi connectivity index (χ1) is 9.75. The number of nitrogens with one attached hydrogen (secondary N) is 1. The Morgan fingerprint density at radius 2 is 1.90 bits per heavy atom. The Balaban J connectivity index is 1.72. The summed E-state index contributed by atoms with van der Waals surface area (Å²) in [5.41, 5.74) is 4.06. The molecule has 1 fully saturated rings. The number of hydrogen-bond acceptors (Lipinski definition) is 2. The van der Waals surface area contributed by atoms with E-state index in [-0.39, 0.29) is 11.9 Å². The highest BCUT2D eigenvalue weighted by Gasteiger charge is 2.24. The lowest BCUT2D eigenvalue weighted by Gasteiger charge is -2.25. The Morgan fingerprint density at radius 3 is 2.70 bits per heavy atom. The van der Waals surface area contributed by atoms with Gasteiger partial charge in [0, 0.05) is 18.8 Å². The lowest BCUT2D eigenvalue weighted by Crippen LogP contribution is -2.39. The molecule has 1 N–H and O–H groups in total. The standard InChI is InChI=1S/C17H24N2O/c1-13(17(20)19-11-4-5-12-19)18-16-10-6-8-14-7-2-3-9-15(14)16/h6,8,10,13,18H,2-5,7,9,11-12H2,1H3. The summed E-state index contributed by atoms with van der Waals surface area (Å²) < 4.78 is 0. The van der Waals surface area contributed by atoms with Crippen molar-refractivity contribution < 1.29 is 4.79 Å². The number of fused-ring (bicyclic) bond motifs is 1. The first kappa shape index (κ1) is 13.5. The molecule has 1 aliphatic heterocycles. The lowest BCUT2D eigenvalue weighted by molar-refractivity contribution is -0.130. The fourth-order valence-corrected chi connectivity index (χ4v) is 3.42. The van der Waals surface area contributed by atoms with Gasteiger partial charge in [0.25, 0.3) is 0 Å². The fraction of sp³-hybridized carbons (Fsp3) is 0.588. The highest BCUT2D eigenvalue weighted by Crippen LogP contribution is 2.28. The van der Waals surface area contributed by atoms with Crippen molar-refractivity contribution in [3.63, 3.8) is 0 Å². The SMILES string of the molecule is CC(Nc1cccc2c1CCCC2)C(=O)N1CCCC1. The molecule has 0 radical (unpaired) electrons. The predicted molar refractivity (Wildman–Crippen MR) is 82.0 cm³/mol. The molecule has 20 heavy (non-hydrogen) atoms. The van der Waals surface area contributed by atoms with Crippen molar-refractivity contribution in [1.29, 1.82) is 0 Å². The van der Waals surface area contributed by atoms with E-state index in [1.165, 1.54) is 36.1 Å². The van der Waals surface area contributed by atoms with Crippen LogP contribution in [0.25, 0.3) is 0 Å². The lowest BCUT2D eigenvalue weighted by atomic mass is 9.90. The van der Waals surface area contributed by atoms with E-state index in [0.717, 1.165) is 32.4 Å². The molecule has 0 aromatic heterocycles. The average Bonchev–Trinajstić information content (AvgIpc) is 3.01. The van der Waals surface area contributed by atoms with E-state index >= 15 is 0 Å². The van der Waals surface area contributed by atoms with Crippen LogP contribution in [0.15, 0.2) is 18.2 Å². The molecule has 1 unspecified atom stereocenters. The van der Waals surface area contributed by atoms with Gasteiger partial charge in [-0.05, 0) is 62.6 Å². The van der Waals surface area contributed by atoms with E-state index in [1.807, 2.05) is 11.8 Å². The van der Waals surface area contributed by atoms with Crippen LogP contribution < -0.4 is 5.32 Å². The van der Waals surface area contributed by atoms with Crippen molar-refractivity contribution in [2.75, 3.05) is 18.4 Å². The van der Waals surface area contributed by atoms with Crippen LogP contribution in [0.4, 0.5) is 5.69 Å². The molecular formula is C17H24N2O. The van der Waals surface area contributed by atoms with Gasteiger partial charge in [-0.1, -0.05) is 12.1 Å². The van der Waals surface area contributed by atoms with Crippen molar-refractivity contribution >= 4 is 11.6 Å². The molecule has 3 heteroatoms. The summed E-state index contributed by atoms with van der Waals surface area (Å²) >= 11 is 0. The largest absolute Gasteiger partial charge is 0.374 e. The summed E-state index contributed by atoms with van der Waals surface area (Å²) in [7, 11) is 0. The van der Waals surface area contributed by atoms with E-state index in [0.29, 0.717) is 0 Å². The highest BCUT2D eigenvalue weighted by atomic mass is 16.2. The first-order valence-electron chi connectivity index (χ1n) is 7.92. The summed E-state index contributed by atoms with van der Waals surface area (Å²) in [5.74, 6) is 0.246. The maximum atomic E-state index is 12.4. The number of carbonyl (C=O) groups excluding carboxylic acids is 1. The number of carbonyl (C=O) groups is 1. The van der Waals surface area contributed by atoms with E-state index < -0.39 is 0 Å². The first-order valence-corrected chi connectivity index (χ1v) is 7.92.